The molecule has 0 heterocycles. The minimum Gasteiger partial charge on any atom is -0.352 e. The van der Waals surface area contributed by atoms with Gasteiger partial charge in [0.2, 0.25) is 0 Å². The van der Waals surface area contributed by atoms with Gasteiger partial charge in [0, 0.05) is 23.7 Å². The average Bonchev–Trinajstić information content (AvgIpc) is 2.56. The Balaban J connectivity index is 2.18. The molecule has 0 unspecified atom stereocenters. The van der Waals surface area contributed by atoms with E-state index in [0.29, 0.717) is 17.7 Å². The summed E-state index contributed by atoms with van der Waals surface area (Å²) in [7, 11) is 0. The first-order valence-electron chi connectivity index (χ1n) is 9.09. The van der Waals surface area contributed by atoms with Crippen molar-refractivity contribution in [3.05, 3.63) is 39.4 Å². The third-order valence-corrected chi connectivity index (χ3v) is 4.23. The number of carbonyl (C=O) groups excluding carboxylic acids is 1. The van der Waals surface area contributed by atoms with Gasteiger partial charge in [0.05, 0.1) is 4.92 Å². The molecule has 0 saturated heterocycles. The fourth-order valence-corrected chi connectivity index (χ4v) is 2.69. The number of benzene rings is 1. The predicted molar refractivity (Wildman–Crippen MR) is 97.4 cm³/mol. The molecule has 1 amide bonds. The monoisotopic (exact) mass is 334 g/mol. The highest BCUT2D eigenvalue weighted by Crippen LogP contribution is 2.19. The molecule has 0 aliphatic heterocycles. The van der Waals surface area contributed by atoms with E-state index in [1.165, 1.54) is 51.0 Å². The summed E-state index contributed by atoms with van der Waals surface area (Å²) in [5.74, 6) is -0.238. The SMILES string of the molecule is CCCCCCCCCCCNC(=O)c1ccc(C)c([N+](=O)[O-])c1. The molecule has 0 aliphatic rings. The van der Waals surface area contributed by atoms with Gasteiger partial charge in [-0.15, -0.1) is 0 Å². The Morgan fingerprint density at radius 1 is 1.04 bits per heavy atom. The lowest BCUT2D eigenvalue weighted by atomic mass is 10.1. The van der Waals surface area contributed by atoms with Gasteiger partial charge in [0.25, 0.3) is 11.6 Å². The van der Waals surface area contributed by atoms with Gasteiger partial charge in [-0.25, -0.2) is 0 Å². The second-order valence-electron chi connectivity index (χ2n) is 6.34. The van der Waals surface area contributed by atoms with Crippen LogP contribution in [0.5, 0.6) is 0 Å². The molecule has 134 valence electrons. The summed E-state index contributed by atoms with van der Waals surface area (Å²) in [6.45, 7) is 4.52. The number of nitrogens with one attached hydrogen (secondary N) is 1. The van der Waals surface area contributed by atoms with Gasteiger partial charge >= 0.3 is 0 Å². The molecule has 24 heavy (non-hydrogen) atoms. The lowest BCUT2D eigenvalue weighted by Crippen LogP contribution is -2.24. The van der Waals surface area contributed by atoms with E-state index in [4.69, 9.17) is 0 Å². The highest BCUT2D eigenvalue weighted by Gasteiger charge is 2.14. The molecular weight excluding hydrogens is 304 g/mol. The number of amides is 1. The van der Waals surface area contributed by atoms with Crippen LogP contribution in [0.4, 0.5) is 5.69 Å². The van der Waals surface area contributed by atoms with Crippen molar-refractivity contribution in [2.45, 2.75) is 71.6 Å². The molecule has 0 saturated carbocycles. The molecule has 0 bridgehead atoms. The molecule has 5 nitrogen and oxygen atoms in total. The second-order valence-corrected chi connectivity index (χ2v) is 6.34. The van der Waals surface area contributed by atoms with Crippen LogP contribution in [0.3, 0.4) is 0 Å². The van der Waals surface area contributed by atoms with Gasteiger partial charge in [-0.1, -0.05) is 64.4 Å². The first kappa shape index (κ1) is 20.1. The van der Waals surface area contributed by atoms with Crippen molar-refractivity contribution in [3.63, 3.8) is 0 Å². The Kier molecular flexibility index (Phi) is 9.73. The number of hydrogen-bond acceptors (Lipinski definition) is 3. The molecule has 1 rings (SSSR count). The van der Waals surface area contributed by atoms with Crippen molar-refractivity contribution in [2.24, 2.45) is 0 Å². The summed E-state index contributed by atoms with van der Waals surface area (Å²) >= 11 is 0. The van der Waals surface area contributed by atoms with Crippen LogP contribution < -0.4 is 5.32 Å². The Morgan fingerprint density at radius 2 is 1.62 bits per heavy atom. The Morgan fingerprint density at radius 3 is 2.21 bits per heavy atom. The zero-order chi connectivity index (χ0) is 17.8. The fraction of sp³-hybridized carbons (Fsp3) is 0.632. The van der Waals surface area contributed by atoms with E-state index in [-0.39, 0.29) is 11.6 Å². The van der Waals surface area contributed by atoms with Gasteiger partial charge in [-0.05, 0) is 19.4 Å². The number of nitro groups is 1. The van der Waals surface area contributed by atoms with E-state index in [1.54, 1.807) is 19.1 Å². The van der Waals surface area contributed by atoms with Crippen LogP contribution in [0.25, 0.3) is 0 Å². The van der Waals surface area contributed by atoms with E-state index < -0.39 is 4.92 Å². The van der Waals surface area contributed by atoms with Gasteiger partial charge in [-0.3, -0.25) is 14.9 Å². The highest BCUT2D eigenvalue weighted by molar-refractivity contribution is 5.94. The van der Waals surface area contributed by atoms with Crippen LogP contribution in [0.2, 0.25) is 0 Å². The smallest absolute Gasteiger partial charge is 0.273 e. The van der Waals surface area contributed by atoms with Crippen molar-refractivity contribution < 1.29 is 9.72 Å². The first-order chi connectivity index (χ1) is 11.6. The topological polar surface area (TPSA) is 72.2 Å². The molecule has 1 aromatic rings. The molecule has 0 fully saturated rings. The number of rotatable bonds is 12. The van der Waals surface area contributed by atoms with Crippen LogP contribution in [0, 0.1) is 17.0 Å². The molecule has 5 heteroatoms. The molecule has 0 spiro atoms. The van der Waals surface area contributed by atoms with Crippen LogP contribution >= 0.6 is 0 Å². The van der Waals surface area contributed by atoms with Gasteiger partial charge < -0.3 is 5.32 Å². The summed E-state index contributed by atoms with van der Waals surface area (Å²) in [5, 5.41) is 13.8. The summed E-state index contributed by atoms with van der Waals surface area (Å²) in [5.41, 5.74) is 0.907. The highest BCUT2D eigenvalue weighted by atomic mass is 16.6. The molecule has 0 radical (unpaired) electrons. The minimum absolute atomic E-state index is 0.00859. The van der Waals surface area contributed by atoms with Gasteiger partial charge in [-0.2, -0.15) is 0 Å². The standard InChI is InChI=1S/C19H30N2O3/c1-3-4-5-6-7-8-9-10-11-14-20-19(22)17-13-12-16(2)18(15-17)21(23)24/h12-13,15H,3-11,14H2,1-2H3,(H,20,22). The summed E-state index contributed by atoms with van der Waals surface area (Å²) in [6, 6.07) is 4.60. The zero-order valence-electron chi connectivity index (χ0n) is 15.0. The summed E-state index contributed by atoms with van der Waals surface area (Å²) in [6.07, 6.45) is 11.1. The Hall–Kier alpha value is -1.91. The van der Waals surface area contributed by atoms with Crippen molar-refractivity contribution in [2.75, 3.05) is 6.54 Å². The van der Waals surface area contributed by atoms with Crippen molar-refractivity contribution >= 4 is 11.6 Å². The minimum atomic E-state index is -0.452. The number of unbranched alkanes of at least 4 members (excludes halogenated alkanes) is 8. The summed E-state index contributed by atoms with van der Waals surface area (Å²) in [4.78, 5) is 22.5. The predicted octanol–water partition coefficient (Wildman–Crippen LogP) is 5.16. The number of aryl methyl sites for hydroxylation is 1. The van der Waals surface area contributed by atoms with Gasteiger partial charge in [0.15, 0.2) is 0 Å². The lowest BCUT2D eigenvalue weighted by Gasteiger charge is -2.06. The molecular formula is C19H30N2O3. The van der Waals surface area contributed by atoms with Crippen LogP contribution in [0.15, 0.2) is 18.2 Å². The average molecular weight is 334 g/mol. The van der Waals surface area contributed by atoms with Crippen LogP contribution in [-0.2, 0) is 0 Å². The van der Waals surface area contributed by atoms with Crippen molar-refractivity contribution in [1.82, 2.24) is 5.32 Å². The number of nitrogens with zero attached hydrogens (tertiary/aromatic N) is 1. The molecule has 0 aliphatic carbocycles. The first-order valence-corrected chi connectivity index (χ1v) is 9.09. The number of hydrogen-bond donors (Lipinski definition) is 1. The van der Waals surface area contributed by atoms with Crippen LogP contribution in [0.1, 0.15) is 80.6 Å². The van der Waals surface area contributed by atoms with E-state index in [9.17, 15) is 14.9 Å². The van der Waals surface area contributed by atoms with Crippen LogP contribution in [-0.4, -0.2) is 17.4 Å². The molecule has 1 aromatic carbocycles. The maximum absolute atomic E-state index is 12.0. The summed E-state index contributed by atoms with van der Waals surface area (Å²) < 4.78 is 0. The maximum atomic E-state index is 12.0. The molecule has 0 aromatic heterocycles. The van der Waals surface area contributed by atoms with E-state index in [2.05, 4.69) is 12.2 Å². The third kappa shape index (κ3) is 7.57. The lowest BCUT2D eigenvalue weighted by molar-refractivity contribution is -0.385. The number of carbonyl (C=O) groups is 1. The van der Waals surface area contributed by atoms with Crippen molar-refractivity contribution in [1.29, 1.82) is 0 Å². The van der Waals surface area contributed by atoms with Crippen molar-refractivity contribution in [3.8, 4) is 0 Å². The maximum Gasteiger partial charge on any atom is 0.273 e. The normalized spacial score (nSPS) is 10.6. The van der Waals surface area contributed by atoms with E-state index >= 15 is 0 Å². The fourth-order valence-electron chi connectivity index (χ4n) is 2.69. The Bertz CT molecular complexity index is 529. The third-order valence-electron chi connectivity index (χ3n) is 4.23. The number of nitro benzene ring substituents is 1. The largest absolute Gasteiger partial charge is 0.352 e. The molecule has 0 atom stereocenters. The molecule has 1 N–H and O–H groups in total. The quantitative estimate of drug-likeness (QED) is 0.326. The Labute approximate surface area is 145 Å². The van der Waals surface area contributed by atoms with Gasteiger partial charge in [0.1, 0.15) is 0 Å². The second kappa shape index (κ2) is 11.6. The van der Waals surface area contributed by atoms with E-state index in [1.807, 2.05) is 0 Å². The zero-order valence-corrected chi connectivity index (χ0v) is 15.0. The van der Waals surface area contributed by atoms with E-state index in [0.717, 1.165) is 12.8 Å².